The number of nitrogens with one attached hydrogen (secondary N) is 1. The van der Waals surface area contributed by atoms with Crippen molar-refractivity contribution < 1.29 is 4.39 Å². The number of halogens is 1. The Bertz CT molecular complexity index is 575. The Balaban J connectivity index is 2.37. The first-order valence-electron chi connectivity index (χ1n) is 5.87. The van der Waals surface area contributed by atoms with Crippen LogP contribution in [0, 0.1) is 12.7 Å². The lowest BCUT2D eigenvalue weighted by molar-refractivity contribution is 0.627. The lowest BCUT2D eigenvalue weighted by Crippen LogP contribution is -2.02. The van der Waals surface area contributed by atoms with E-state index in [0.29, 0.717) is 5.69 Å². The first-order chi connectivity index (χ1) is 8.52. The molecule has 0 unspecified atom stereocenters. The number of nitrogen functional groups attached to an aromatic ring is 1. The molecule has 0 bridgehead atoms. The molecule has 96 valence electrons. The van der Waals surface area contributed by atoms with Crippen molar-refractivity contribution in [2.24, 2.45) is 7.05 Å². The third-order valence-electron chi connectivity index (χ3n) is 2.94. The normalized spacial score (nSPS) is 10.7. The van der Waals surface area contributed by atoms with Crippen LogP contribution in [0.4, 0.5) is 21.6 Å². The number of benzene rings is 1. The molecule has 0 aliphatic heterocycles. The second kappa shape index (κ2) is 4.68. The number of aryl methyl sites for hydroxylation is 3. The van der Waals surface area contributed by atoms with E-state index < -0.39 is 0 Å². The van der Waals surface area contributed by atoms with Crippen LogP contribution in [-0.4, -0.2) is 9.78 Å². The standard InChI is InChI=1S/C13H17FN4/c1-4-10-12(15)13(18(3)17-10)16-11-6-5-9(14)7-8(11)2/h5-7,16H,4,15H2,1-3H3. The van der Waals surface area contributed by atoms with Crippen molar-refractivity contribution in [3.05, 3.63) is 35.3 Å². The fraction of sp³-hybridized carbons (Fsp3) is 0.308. The van der Waals surface area contributed by atoms with Crippen LogP contribution in [0.15, 0.2) is 18.2 Å². The third kappa shape index (κ3) is 2.16. The smallest absolute Gasteiger partial charge is 0.152 e. The summed E-state index contributed by atoms with van der Waals surface area (Å²) in [6.45, 7) is 3.85. The Morgan fingerprint density at radius 3 is 2.72 bits per heavy atom. The average Bonchev–Trinajstić information content (AvgIpc) is 2.59. The predicted molar refractivity (Wildman–Crippen MR) is 71.4 cm³/mol. The van der Waals surface area contributed by atoms with Gasteiger partial charge in [-0.1, -0.05) is 6.92 Å². The summed E-state index contributed by atoms with van der Waals surface area (Å²) in [5.41, 5.74) is 9.18. The quantitative estimate of drug-likeness (QED) is 0.878. The van der Waals surface area contributed by atoms with E-state index in [1.54, 1.807) is 10.7 Å². The fourth-order valence-corrected chi connectivity index (χ4v) is 1.90. The summed E-state index contributed by atoms with van der Waals surface area (Å²) in [6.07, 6.45) is 0.782. The van der Waals surface area contributed by atoms with Crippen molar-refractivity contribution >= 4 is 17.2 Å². The minimum atomic E-state index is -0.245. The molecule has 0 amide bonds. The Morgan fingerprint density at radius 2 is 2.17 bits per heavy atom. The van der Waals surface area contributed by atoms with E-state index in [2.05, 4.69) is 10.4 Å². The summed E-state index contributed by atoms with van der Waals surface area (Å²) in [5, 5.41) is 7.53. The van der Waals surface area contributed by atoms with Crippen molar-refractivity contribution in [1.82, 2.24) is 9.78 Å². The van der Waals surface area contributed by atoms with Gasteiger partial charge >= 0.3 is 0 Å². The molecule has 3 N–H and O–H groups in total. The summed E-state index contributed by atoms with van der Waals surface area (Å²) in [7, 11) is 1.83. The molecule has 0 radical (unpaired) electrons. The van der Waals surface area contributed by atoms with E-state index >= 15 is 0 Å². The Hall–Kier alpha value is -2.04. The molecule has 0 spiro atoms. The van der Waals surface area contributed by atoms with E-state index in [9.17, 15) is 4.39 Å². The van der Waals surface area contributed by atoms with Gasteiger partial charge < -0.3 is 11.1 Å². The highest BCUT2D eigenvalue weighted by molar-refractivity contribution is 5.72. The maximum absolute atomic E-state index is 13.0. The van der Waals surface area contributed by atoms with Crippen molar-refractivity contribution in [3.63, 3.8) is 0 Å². The molecule has 0 aliphatic rings. The van der Waals surface area contributed by atoms with Gasteiger partial charge in [0.05, 0.1) is 11.4 Å². The highest BCUT2D eigenvalue weighted by Gasteiger charge is 2.12. The molecular weight excluding hydrogens is 231 g/mol. The molecule has 18 heavy (non-hydrogen) atoms. The zero-order chi connectivity index (χ0) is 13.3. The van der Waals surface area contributed by atoms with Crippen LogP contribution in [0.3, 0.4) is 0 Å². The Morgan fingerprint density at radius 1 is 1.44 bits per heavy atom. The number of hydrogen-bond donors (Lipinski definition) is 2. The van der Waals surface area contributed by atoms with Crippen LogP contribution in [0.1, 0.15) is 18.2 Å². The van der Waals surface area contributed by atoms with Gasteiger partial charge in [-0.15, -0.1) is 0 Å². The third-order valence-corrected chi connectivity index (χ3v) is 2.94. The number of nitrogens with zero attached hydrogens (tertiary/aromatic N) is 2. The van der Waals surface area contributed by atoms with Crippen molar-refractivity contribution in [2.45, 2.75) is 20.3 Å². The maximum atomic E-state index is 13.0. The van der Waals surface area contributed by atoms with E-state index in [-0.39, 0.29) is 5.82 Å². The molecule has 2 aromatic rings. The minimum Gasteiger partial charge on any atom is -0.394 e. The molecular formula is C13H17FN4. The number of anilines is 3. The van der Waals surface area contributed by atoms with Gasteiger partial charge in [-0.2, -0.15) is 5.10 Å². The number of rotatable bonds is 3. The zero-order valence-electron chi connectivity index (χ0n) is 10.8. The predicted octanol–water partition coefficient (Wildman–Crippen LogP) is 2.76. The van der Waals surface area contributed by atoms with E-state index in [4.69, 9.17) is 5.73 Å². The summed E-state index contributed by atoms with van der Waals surface area (Å²) >= 11 is 0. The van der Waals surface area contributed by atoms with Gasteiger partial charge in [-0.05, 0) is 37.1 Å². The van der Waals surface area contributed by atoms with Gasteiger partial charge in [0.2, 0.25) is 0 Å². The monoisotopic (exact) mass is 248 g/mol. The van der Waals surface area contributed by atoms with Gasteiger partial charge in [0.25, 0.3) is 0 Å². The molecule has 1 heterocycles. The zero-order valence-corrected chi connectivity index (χ0v) is 10.8. The molecule has 1 aromatic heterocycles. The topological polar surface area (TPSA) is 55.9 Å². The van der Waals surface area contributed by atoms with Crippen LogP contribution >= 0.6 is 0 Å². The van der Waals surface area contributed by atoms with Gasteiger partial charge in [-0.3, -0.25) is 4.68 Å². The largest absolute Gasteiger partial charge is 0.394 e. The van der Waals surface area contributed by atoms with Crippen molar-refractivity contribution in [3.8, 4) is 0 Å². The maximum Gasteiger partial charge on any atom is 0.152 e. The molecule has 1 aromatic carbocycles. The van der Waals surface area contributed by atoms with Gasteiger partial charge in [0.1, 0.15) is 5.82 Å². The molecule has 0 saturated carbocycles. The van der Waals surface area contributed by atoms with Gasteiger partial charge in [0.15, 0.2) is 5.82 Å². The molecule has 5 heteroatoms. The molecule has 0 fully saturated rings. The van der Waals surface area contributed by atoms with E-state index in [1.165, 1.54) is 12.1 Å². The molecule has 0 atom stereocenters. The van der Waals surface area contributed by atoms with Crippen LogP contribution in [0.2, 0.25) is 0 Å². The lowest BCUT2D eigenvalue weighted by atomic mass is 10.2. The van der Waals surface area contributed by atoms with E-state index in [1.807, 2.05) is 20.9 Å². The first-order valence-corrected chi connectivity index (χ1v) is 5.87. The number of nitrogens with two attached hydrogens (primary N) is 1. The highest BCUT2D eigenvalue weighted by Crippen LogP contribution is 2.27. The summed E-state index contributed by atoms with van der Waals surface area (Å²) in [5.74, 6) is 0.492. The second-order valence-corrected chi connectivity index (χ2v) is 4.27. The molecule has 0 aliphatic carbocycles. The van der Waals surface area contributed by atoms with E-state index in [0.717, 1.165) is 29.2 Å². The number of hydrogen-bond acceptors (Lipinski definition) is 3. The van der Waals surface area contributed by atoms with Crippen LogP contribution < -0.4 is 11.1 Å². The van der Waals surface area contributed by atoms with Crippen LogP contribution in [0.25, 0.3) is 0 Å². The Kier molecular flexibility index (Phi) is 3.23. The molecule has 4 nitrogen and oxygen atoms in total. The summed E-state index contributed by atoms with van der Waals surface area (Å²) < 4.78 is 14.7. The Labute approximate surface area is 106 Å². The van der Waals surface area contributed by atoms with Crippen LogP contribution in [0.5, 0.6) is 0 Å². The SMILES string of the molecule is CCc1nn(C)c(Nc2ccc(F)cc2C)c1N. The summed E-state index contributed by atoms with van der Waals surface area (Å²) in [6, 6.07) is 4.60. The fourth-order valence-electron chi connectivity index (χ4n) is 1.90. The lowest BCUT2D eigenvalue weighted by Gasteiger charge is -2.10. The number of aromatic nitrogens is 2. The van der Waals surface area contributed by atoms with Gasteiger partial charge in [-0.25, -0.2) is 4.39 Å². The average molecular weight is 248 g/mol. The van der Waals surface area contributed by atoms with Gasteiger partial charge in [0, 0.05) is 12.7 Å². The van der Waals surface area contributed by atoms with Crippen molar-refractivity contribution in [1.29, 1.82) is 0 Å². The van der Waals surface area contributed by atoms with Crippen molar-refractivity contribution in [2.75, 3.05) is 11.1 Å². The highest BCUT2D eigenvalue weighted by atomic mass is 19.1. The molecule has 2 rings (SSSR count). The molecule has 0 saturated heterocycles. The first kappa shape index (κ1) is 12.4. The second-order valence-electron chi connectivity index (χ2n) is 4.27. The van der Waals surface area contributed by atoms with Crippen LogP contribution in [-0.2, 0) is 13.5 Å². The summed E-state index contributed by atoms with van der Waals surface area (Å²) in [4.78, 5) is 0. The minimum absolute atomic E-state index is 0.245.